The molecule has 0 unspecified atom stereocenters. The van der Waals surface area contributed by atoms with Gasteiger partial charge in [0.25, 0.3) is 5.91 Å². The van der Waals surface area contributed by atoms with Crippen LogP contribution in [0.4, 0.5) is 0 Å². The zero-order chi connectivity index (χ0) is 20.8. The summed E-state index contributed by atoms with van der Waals surface area (Å²) in [6, 6.07) is 24.5. The van der Waals surface area contributed by atoms with Gasteiger partial charge in [-0.1, -0.05) is 48.0 Å². The molecule has 0 saturated heterocycles. The summed E-state index contributed by atoms with van der Waals surface area (Å²) < 4.78 is 7.94. The summed E-state index contributed by atoms with van der Waals surface area (Å²) in [6.45, 7) is 1.24. The number of hydrazone groups is 1. The van der Waals surface area contributed by atoms with Crippen molar-refractivity contribution in [3.8, 4) is 5.75 Å². The van der Waals surface area contributed by atoms with Crippen LogP contribution >= 0.6 is 11.6 Å². The van der Waals surface area contributed by atoms with E-state index in [-0.39, 0.29) is 5.91 Å². The van der Waals surface area contributed by atoms with E-state index >= 15 is 0 Å². The minimum absolute atomic E-state index is 0.289. The molecule has 6 heteroatoms. The van der Waals surface area contributed by atoms with E-state index in [1.165, 1.54) is 0 Å². The highest BCUT2D eigenvalue weighted by atomic mass is 35.5. The maximum atomic E-state index is 12.2. The number of carbonyl (C=O) groups excluding carboxylic acids is 1. The molecular weight excluding hydrogens is 398 g/mol. The molecule has 150 valence electrons. The SMILES string of the molecule is O=C(N/N=C/c1cn(CCOc2ccccc2)c2ccccc12)c1ccc(Cl)cc1. The molecule has 3 aromatic carbocycles. The highest BCUT2D eigenvalue weighted by molar-refractivity contribution is 6.30. The number of para-hydroxylation sites is 2. The van der Waals surface area contributed by atoms with Crippen LogP contribution in [0, 0.1) is 0 Å². The van der Waals surface area contributed by atoms with Gasteiger partial charge < -0.3 is 9.30 Å². The lowest BCUT2D eigenvalue weighted by molar-refractivity contribution is 0.0955. The predicted octanol–water partition coefficient (Wildman–Crippen LogP) is 5.14. The molecule has 0 aliphatic carbocycles. The molecule has 1 amide bonds. The second kappa shape index (κ2) is 9.29. The Hall–Kier alpha value is -3.57. The lowest BCUT2D eigenvalue weighted by Crippen LogP contribution is -2.17. The van der Waals surface area contributed by atoms with E-state index in [2.05, 4.69) is 21.2 Å². The minimum atomic E-state index is -0.289. The Morgan fingerprint density at radius 1 is 1.00 bits per heavy atom. The highest BCUT2D eigenvalue weighted by Gasteiger charge is 2.08. The van der Waals surface area contributed by atoms with E-state index in [4.69, 9.17) is 16.3 Å². The van der Waals surface area contributed by atoms with Gasteiger partial charge in [0.2, 0.25) is 0 Å². The van der Waals surface area contributed by atoms with Gasteiger partial charge in [-0.2, -0.15) is 5.10 Å². The second-order valence-corrected chi connectivity index (χ2v) is 7.10. The second-order valence-electron chi connectivity index (χ2n) is 6.66. The van der Waals surface area contributed by atoms with Crippen molar-refractivity contribution in [2.75, 3.05) is 6.61 Å². The maximum absolute atomic E-state index is 12.2. The standard InChI is InChI=1S/C24H20ClN3O2/c25-20-12-10-18(11-13-20)24(29)27-26-16-19-17-28(23-9-5-4-8-22(19)23)14-15-30-21-6-2-1-3-7-21/h1-13,16-17H,14-15H2,(H,27,29)/b26-16+. The quantitative estimate of drug-likeness (QED) is 0.334. The first-order valence-electron chi connectivity index (χ1n) is 9.55. The molecule has 0 aliphatic rings. The van der Waals surface area contributed by atoms with Crippen LogP contribution in [0.15, 0.2) is 90.2 Å². The number of benzene rings is 3. The summed E-state index contributed by atoms with van der Waals surface area (Å²) in [5, 5.41) is 5.77. The number of rotatable bonds is 7. The van der Waals surface area contributed by atoms with Crippen LogP contribution in [-0.4, -0.2) is 23.3 Å². The molecule has 4 aromatic rings. The summed E-state index contributed by atoms with van der Waals surface area (Å²) >= 11 is 5.86. The molecule has 0 spiro atoms. The first-order chi connectivity index (χ1) is 14.7. The number of nitrogens with one attached hydrogen (secondary N) is 1. The predicted molar refractivity (Wildman–Crippen MR) is 120 cm³/mol. The molecule has 5 nitrogen and oxygen atoms in total. The average molecular weight is 418 g/mol. The van der Waals surface area contributed by atoms with Crippen molar-refractivity contribution >= 4 is 34.6 Å². The molecule has 0 radical (unpaired) electrons. The van der Waals surface area contributed by atoms with Crippen LogP contribution in [0.5, 0.6) is 5.75 Å². The molecule has 4 rings (SSSR count). The number of ether oxygens (including phenoxy) is 1. The molecule has 1 aromatic heterocycles. The molecule has 30 heavy (non-hydrogen) atoms. The molecular formula is C24H20ClN3O2. The van der Waals surface area contributed by atoms with E-state index in [0.717, 1.165) is 22.2 Å². The zero-order valence-corrected chi connectivity index (χ0v) is 16.9. The van der Waals surface area contributed by atoms with Crippen molar-refractivity contribution in [1.82, 2.24) is 9.99 Å². The van der Waals surface area contributed by atoms with Gasteiger partial charge in [-0.25, -0.2) is 5.43 Å². The first kappa shape index (κ1) is 19.7. The zero-order valence-electron chi connectivity index (χ0n) is 16.2. The Kier molecular flexibility index (Phi) is 6.11. The Balaban J connectivity index is 1.45. The lowest BCUT2D eigenvalue weighted by atomic mass is 10.2. The van der Waals surface area contributed by atoms with Crippen LogP contribution in [0.1, 0.15) is 15.9 Å². The number of carbonyl (C=O) groups is 1. The smallest absolute Gasteiger partial charge is 0.271 e. The van der Waals surface area contributed by atoms with Crippen LogP contribution in [0.25, 0.3) is 10.9 Å². The summed E-state index contributed by atoms with van der Waals surface area (Å²) in [6.07, 6.45) is 3.67. The van der Waals surface area contributed by atoms with Gasteiger partial charge in [-0.3, -0.25) is 4.79 Å². The Bertz CT molecular complexity index is 1170. The summed E-state index contributed by atoms with van der Waals surface area (Å²) in [5.74, 6) is 0.559. The van der Waals surface area contributed by atoms with E-state index in [1.807, 2.05) is 54.7 Å². The fourth-order valence-corrected chi connectivity index (χ4v) is 3.29. The number of aromatic nitrogens is 1. The van der Waals surface area contributed by atoms with Crippen LogP contribution in [0.2, 0.25) is 5.02 Å². The molecule has 0 atom stereocenters. The van der Waals surface area contributed by atoms with Crippen LogP contribution in [-0.2, 0) is 6.54 Å². The van der Waals surface area contributed by atoms with Gasteiger partial charge in [0, 0.05) is 33.2 Å². The fraction of sp³-hybridized carbons (Fsp3) is 0.0833. The molecule has 0 saturated carbocycles. The summed E-state index contributed by atoms with van der Waals surface area (Å²) in [4.78, 5) is 12.2. The van der Waals surface area contributed by atoms with E-state index in [1.54, 1.807) is 30.5 Å². The van der Waals surface area contributed by atoms with E-state index in [9.17, 15) is 4.79 Å². The van der Waals surface area contributed by atoms with Gasteiger partial charge in [0.1, 0.15) is 12.4 Å². The van der Waals surface area contributed by atoms with Crippen molar-refractivity contribution < 1.29 is 9.53 Å². The highest BCUT2D eigenvalue weighted by Crippen LogP contribution is 2.20. The number of hydrogen-bond acceptors (Lipinski definition) is 3. The van der Waals surface area contributed by atoms with Crippen LogP contribution < -0.4 is 10.2 Å². The Labute approximate surface area is 179 Å². The molecule has 0 fully saturated rings. The Morgan fingerprint density at radius 3 is 2.53 bits per heavy atom. The van der Waals surface area contributed by atoms with Gasteiger partial charge in [0.05, 0.1) is 12.8 Å². The van der Waals surface area contributed by atoms with Crippen molar-refractivity contribution in [2.24, 2.45) is 5.10 Å². The number of hydrogen-bond donors (Lipinski definition) is 1. The van der Waals surface area contributed by atoms with Crippen molar-refractivity contribution in [3.05, 3.63) is 101 Å². The normalized spacial score (nSPS) is 11.1. The van der Waals surface area contributed by atoms with Gasteiger partial charge in [-0.05, 0) is 42.5 Å². The molecule has 0 aliphatic heterocycles. The number of fused-ring (bicyclic) bond motifs is 1. The van der Waals surface area contributed by atoms with Gasteiger partial charge >= 0.3 is 0 Å². The van der Waals surface area contributed by atoms with E-state index in [0.29, 0.717) is 23.7 Å². The first-order valence-corrected chi connectivity index (χ1v) is 9.93. The van der Waals surface area contributed by atoms with Crippen molar-refractivity contribution in [3.63, 3.8) is 0 Å². The van der Waals surface area contributed by atoms with Gasteiger partial charge in [-0.15, -0.1) is 0 Å². The van der Waals surface area contributed by atoms with Crippen molar-refractivity contribution in [2.45, 2.75) is 6.54 Å². The van der Waals surface area contributed by atoms with Crippen molar-refractivity contribution in [1.29, 1.82) is 0 Å². The van der Waals surface area contributed by atoms with Crippen LogP contribution in [0.3, 0.4) is 0 Å². The number of halogens is 1. The Morgan fingerprint density at radius 2 is 1.73 bits per heavy atom. The third-order valence-electron chi connectivity index (χ3n) is 4.64. The maximum Gasteiger partial charge on any atom is 0.271 e. The average Bonchev–Trinajstić information content (AvgIpc) is 3.13. The third kappa shape index (κ3) is 4.70. The lowest BCUT2D eigenvalue weighted by Gasteiger charge is -2.08. The largest absolute Gasteiger partial charge is 0.492 e. The molecule has 1 N–H and O–H groups in total. The molecule has 1 heterocycles. The minimum Gasteiger partial charge on any atom is -0.492 e. The third-order valence-corrected chi connectivity index (χ3v) is 4.89. The van der Waals surface area contributed by atoms with E-state index < -0.39 is 0 Å². The summed E-state index contributed by atoms with van der Waals surface area (Å²) in [5.41, 5.74) is 5.06. The van der Waals surface area contributed by atoms with Gasteiger partial charge in [0.15, 0.2) is 0 Å². The topological polar surface area (TPSA) is 55.6 Å². The number of nitrogens with zero attached hydrogens (tertiary/aromatic N) is 2. The summed E-state index contributed by atoms with van der Waals surface area (Å²) in [7, 11) is 0. The number of amides is 1. The monoisotopic (exact) mass is 417 g/mol. The fourth-order valence-electron chi connectivity index (χ4n) is 3.17. The molecule has 0 bridgehead atoms.